The molecule has 1 aromatic carbocycles. The van der Waals surface area contributed by atoms with Crippen LogP contribution in [0.25, 0.3) is 16.8 Å². The molecule has 0 aliphatic heterocycles. The molecule has 8 heteroatoms. The maximum absolute atomic E-state index is 13.1. The lowest BCUT2D eigenvalue weighted by molar-refractivity contribution is -0.137. The smallest absolute Gasteiger partial charge is 0.303 e. The first kappa shape index (κ1) is 37.1. The molecular formula is C35H57NO5Si2. The summed E-state index contributed by atoms with van der Waals surface area (Å²) in [5.74, 6) is -0.717. The molecule has 1 aromatic heterocycles. The summed E-state index contributed by atoms with van der Waals surface area (Å²) >= 11 is 0. The van der Waals surface area contributed by atoms with E-state index in [2.05, 4.69) is 91.8 Å². The number of unbranched alkanes of at least 4 members (excludes halogenated alkanes) is 2. The molecule has 2 rings (SSSR count). The molecule has 0 saturated heterocycles. The largest absolute Gasteiger partial charge is 0.481 e. The molecule has 0 aliphatic rings. The summed E-state index contributed by atoms with van der Waals surface area (Å²) in [7, 11) is -4.45. The van der Waals surface area contributed by atoms with Crippen molar-refractivity contribution >= 4 is 45.2 Å². The average molecular weight is 628 g/mol. The number of rotatable bonds is 16. The van der Waals surface area contributed by atoms with Crippen molar-refractivity contribution in [1.82, 2.24) is 4.98 Å². The second-order valence-electron chi connectivity index (χ2n) is 14.9. The number of aliphatic carboxylic acids is 1. The van der Waals surface area contributed by atoms with Crippen LogP contribution < -0.4 is 0 Å². The zero-order valence-corrected chi connectivity index (χ0v) is 30.7. The number of carbonyl (C=O) groups is 2. The molecule has 0 amide bonds. The van der Waals surface area contributed by atoms with Crippen LogP contribution in [0.1, 0.15) is 109 Å². The molecule has 0 saturated carbocycles. The molecule has 0 fully saturated rings. The molecule has 6 nitrogen and oxygen atoms in total. The van der Waals surface area contributed by atoms with E-state index < -0.39 is 22.6 Å². The Morgan fingerprint density at radius 1 is 0.884 bits per heavy atom. The van der Waals surface area contributed by atoms with Crippen molar-refractivity contribution in [1.29, 1.82) is 0 Å². The SMILES string of the molecule is CCCCCC(=O)c1ncc(/C=C/C(O[Si](C)(C)C(C)(C)C)C(CCCC(=O)O)O[Si](C)(C)C(C)(C)C)c2ccccc12. The number of fused-ring (bicyclic) bond motifs is 1. The molecule has 1 heterocycles. The number of Topliss-reactive ketones (excluding diaryl/α,β-unsaturated/α-hetero) is 1. The number of carboxylic acids is 1. The minimum atomic E-state index is -2.24. The quantitative estimate of drug-likeness (QED) is 0.113. The molecule has 0 spiro atoms. The fraction of sp³-hybridized carbons (Fsp3) is 0.629. The summed E-state index contributed by atoms with van der Waals surface area (Å²) in [6, 6.07) is 7.96. The van der Waals surface area contributed by atoms with Crippen molar-refractivity contribution in [3.8, 4) is 0 Å². The van der Waals surface area contributed by atoms with Crippen LogP contribution in [0.2, 0.25) is 36.3 Å². The van der Waals surface area contributed by atoms with Gasteiger partial charge in [0.25, 0.3) is 0 Å². The highest BCUT2D eigenvalue weighted by molar-refractivity contribution is 6.74. The summed E-state index contributed by atoms with van der Waals surface area (Å²) in [5, 5.41) is 11.2. The Bertz CT molecular complexity index is 1260. The topological polar surface area (TPSA) is 85.7 Å². The molecule has 0 radical (unpaired) electrons. The van der Waals surface area contributed by atoms with E-state index in [1.807, 2.05) is 24.3 Å². The summed E-state index contributed by atoms with van der Waals surface area (Å²) in [6.07, 6.45) is 9.96. The Morgan fingerprint density at radius 3 is 2.02 bits per heavy atom. The lowest BCUT2D eigenvalue weighted by Crippen LogP contribution is -2.51. The summed E-state index contributed by atoms with van der Waals surface area (Å²) in [4.78, 5) is 29.2. The fourth-order valence-corrected chi connectivity index (χ4v) is 7.10. The van der Waals surface area contributed by atoms with Crippen molar-refractivity contribution in [3.63, 3.8) is 0 Å². The number of hydrogen-bond acceptors (Lipinski definition) is 5. The number of aromatic nitrogens is 1. The third kappa shape index (κ3) is 10.5. The van der Waals surface area contributed by atoms with Gasteiger partial charge in [-0.2, -0.15) is 0 Å². The first-order chi connectivity index (χ1) is 19.8. The maximum atomic E-state index is 13.1. The molecule has 1 N–H and O–H groups in total. The molecule has 43 heavy (non-hydrogen) atoms. The van der Waals surface area contributed by atoms with Crippen LogP contribution >= 0.6 is 0 Å². The number of nitrogens with zero attached hydrogens (tertiary/aromatic N) is 1. The van der Waals surface area contributed by atoms with Crippen LogP contribution in [-0.2, 0) is 13.6 Å². The third-order valence-corrected chi connectivity index (χ3v) is 18.3. The van der Waals surface area contributed by atoms with Gasteiger partial charge in [-0.15, -0.1) is 0 Å². The summed E-state index contributed by atoms with van der Waals surface area (Å²) in [6.45, 7) is 24.4. The molecule has 2 unspecified atom stereocenters. The second kappa shape index (κ2) is 15.2. The summed E-state index contributed by atoms with van der Waals surface area (Å²) in [5.41, 5.74) is 1.45. The first-order valence-electron chi connectivity index (χ1n) is 16.0. The maximum Gasteiger partial charge on any atom is 0.303 e. The van der Waals surface area contributed by atoms with Crippen LogP contribution in [0.5, 0.6) is 0 Å². The zero-order chi connectivity index (χ0) is 32.6. The standard InChI is InChI=1S/C35H57NO5Si2/c1-12-13-14-20-29(37)33-28-19-16-15-18-27(28)26(25-36-33)23-24-31(41-43(10,11)35(5,6)7)30(21-17-22-32(38)39)40-42(8,9)34(2,3)4/h15-16,18-19,23-25,30-31H,12-14,17,20-22H2,1-11H3,(H,38,39)/b24-23+. The van der Waals surface area contributed by atoms with Gasteiger partial charge in [0.1, 0.15) is 5.69 Å². The second-order valence-corrected chi connectivity index (χ2v) is 24.4. The van der Waals surface area contributed by atoms with Gasteiger partial charge in [-0.1, -0.05) is 97.7 Å². The molecule has 2 aromatic rings. The van der Waals surface area contributed by atoms with Crippen LogP contribution in [0.15, 0.2) is 36.5 Å². The van der Waals surface area contributed by atoms with Gasteiger partial charge in [0, 0.05) is 30.0 Å². The van der Waals surface area contributed by atoms with Gasteiger partial charge >= 0.3 is 5.97 Å². The Balaban J connectivity index is 2.60. The van der Waals surface area contributed by atoms with Crippen molar-refractivity contribution in [3.05, 3.63) is 47.8 Å². The van der Waals surface area contributed by atoms with Crippen molar-refractivity contribution in [2.75, 3.05) is 0 Å². The lowest BCUT2D eigenvalue weighted by atomic mass is 9.99. The van der Waals surface area contributed by atoms with Gasteiger partial charge < -0.3 is 14.0 Å². The predicted molar refractivity (Wildman–Crippen MR) is 185 cm³/mol. The molecular weight excluding hydrogens is 571 g/mol. The van der Waals surface area contributed by atoms with Crippen LogP contribution in [0.3, 0.4) is 0 Å². The Morgan fingerprint density at radius 2 is 1.47 bits per heavy atom. The van der Waals surface area contributed by atoms with Crippen molar-refractivity contribution in [2.24, 2.45) is 0 Å². The third-order valence-electron chi connectivity index (χ3n) is 9.30. The minimum Gasteiger partial charge on any atom is -0.481 e. The van der Waals surface area contributed by atoms with E-state index in [1.165, 1.54) is 0 Å². The summed E-state index contributed by atoms with van der Waals surface area (Å²) < 4.78 is 14.1. The van der Waals surface area contributed by atoms with Gasteiger partial charge in [0.05, 0.1) is 12.2 Å². The highest BCUT2D eigenvalue weighted by Gasteiger charge is 2.44. The highest BCUT2D eigenvalue weighted by atomic mass is 28.4. The Hall–Kier alpha value is -2.14. The molecule has 240 valence electrons. The monoisotopic (exact) mass is 627 g/mol. The first-order valence-corrected chi connectivity index (χ1v) is 21.8. The average Bonchev–Trinajstić information content (AvgIpc) is 2.88. The lowest BCUT2D eigenvalue weighted by Gasteiger charge is -2.44. The Kier molecular flexibility index (Phi) is 13.1. The number of ketones is 1. The Labute approximate surface area is 262 Å². The van der Waals surface area contributed by atoms with E-state index in [0.717, 1.165) is 35.6 Å². The highest BCUT2D eigenvalue weighted by Crippen LogP contribution is 2.41. The van der Waals surface area contributed by atoms with Crippen LogP contribution in [0.4, 0.5) is 0 Å². The van der Waals surface area contributed by atoms with Gasteiger partial charge in [0.2, 0.25) is 0 Å². The van der Waals surface area contributed by atoms with Gasteiger partial charge in [-0.05, 0) is 60.9 Å². The van der Waals surface area contributed by atoms with E-state index in [4.69, 9.17) is 8.85 Å². The molecule has 2 atom stereocenters. The van der Waals surface area contributed by atoms with E-state index in [-0.39, 0.29) is 34.5 Å². The minimum absolute atomic E-state index is 0.0110. The fourth-order valence-electron chi connectivity index (χ4n) is 4.48. The number of benzene rings is 1. The number of carboxylic acid groups (broad SMARTS) is 1. The molecule has 0 bridgehead atoms. The van der Waals surface area contributed by atoms with Gasteiger partial charge in [-0.25, -0.2) is 0 Å². The van der Waals surface area contributed by atoms with Gasteiger partial charge in [-0.3, -0.25) is 14.6 Å². The van der Waals surface area contributed by atoms with E-state index in [0.29, 0.717) is 25.0 Å². The number of hydrogen-bond donors (Lipinski definition) is 1. The van der Waals surface area contributed by atoms with E-state index >= 15 is 0 Å². The van der Waals surface area contributed by atoms with Crippen LogP contribution in [0, 0.1) is 0 Å². The van der Waals surface area contributed by atoms with Crippen molar-refractivity contribution in [2.45, 2.75) is 142 Å². The van der Waals surface area contributed by atoms with E-state index in [1.54, 1.807) is 6.20 Å². The number of carbonyl (C=O) groups excluding carboxylic acids is 1. The van der Waals surface area contributed by atoms with Crippen LogP contribution in [-0.4, -0.2) is 50.7 Å². The van der Waals surface area contributed by atoms with E-state index in [9.17, 15) is 14.7 Å². The number of pyridine rings is 1. The van der Waals surface area contributed by atoms with Gasteiger partial charge in [0.15, 0.2) is 22.4 Å². The molecule has 0 aliphatic carbocycles. The normalized spacial score (nSPS) is 14.8. The predicted octanol–water partition coefficient (Wildman–Crippen LogP) is 10.0. The van der Waals surface area contributed by atoms with Crippen molar-refractivity contribution < 1.29 is 23.5 Å². The zero-order valence-electron chi connectivity index (χ0n) is 28.7.